The molecule has 0 aliphatic carbocycles. The van der Waals surface area contributed by atoms with Gasteiger partial charge in [-0.15, -0.1) is 0 Å². The summed E-state index contributed by atoms with van der Waals surface area (Å²) in [4.78, 5) is 0. The van der Waals surface area contributed by atoms with E-state index in [0.717, 1.165) is 23.1 Å². The number of nitrogens with one attached hydrogen (secondary N) is 1. The summed E-state index contributed by atoms with van der Waals surface area (Å²) >= 11 is 15.5. The summed E-state index contributed by atoms with van der Waals surface area (Å²) in [6.07, 6.45) is 0.897. The van der Waals surface area contributed by atoms with E-state index in [2.05, 4.69) is 21.2 Å². The molecule has 0 spiro atoms. The topological polar surface area (TPSA) is 30.5 Å². The van der Waals surface area contributed by atoms with Gasteiger partial charge in [0.2, 0.25) is 0 Å². The second-order valence-electron chi connectivity index (χ2n) is 3.61. The molecule has 18 heavy (non-hydrogen) atoms. The predicted molar refractivity (Wildman–Crippen MR) is 80.0 cm³/mol. The molecule has 1 aromatic rings. The zero-order chi connectivity index (χ0) is 13.4. The van der Waals surface area contributed by atoms with Crippen molar-refractivity contribution in [2.24, 2.45) is 0 Å². The van der Waals surface area contributed by atoms with E-state index in [0.29, 0.717) is 29.9 Å². The SMILES string of the molecule is COCCOCCCNc1ccc(Br)c(Cl)c1Cl. The van der Waals surface area contributed by atoms with Crippen LogP contribution in [0.1, 0.15) is 6.42 Å². The van der Waals surface area contributed by atoms with Crippen LogP contribution in [0.15, 0.2) is 16.6 Å². The highest BCUT2D eigenvalue weighted by molar-refractivity contribution is 9.10. The van der Waals surface area contributed by atoms with E-state index < -0.39 is 0 Å². The van der Waals surface area contributed by atoms with Crippen LogP contribution in [0.25, 0.3) is 0 Å². The summed E-state index contributed by atoms with van der Waals surface area (Å²) < 4.78 is 11.0. The third-order valence-electron chi connectivity index (χ3n) is 2.25. The summed E-state index contributed by atoms with van der Waals surface area (Å²) in [6, 6.07) is 3.76. The molecular weight excluding hydrogens is 341 g/mol. The van der Waals surface area contributed by atoms with E-state index in [-0.39, 0.29) is 0 Å². The Kier molecular flexibility index (Phi) is 8.02. The molecule has 0 amide bonds. The highest BCUT2D eigenvalue weighted by Crippen LogP contribution is 2.35. The van der Waals surface area contributed by atoms with Gasteiger partial charge in [-0.1, -0.05) is 23.2 Å². The summed E-state index contributed by atoms with van der Waals surface area (Å²) in [6.45, 7) is 2.73. The Morgan fingerprint density at radius 1 is 1.17 bits per heavy atom. The standard InChI is InChI=1S/C12H16BrCl2NO2/c1-17-7-8-18-6-2-5-16-10-4-3-9(13)11(14)12(10)15/h3-4,16H,2,5-8H2,1H3. The van der Waals surface area contributed by atoms with E-state index in [9.17, 15) is 0 Å². The van der Waals surface area contributed by atoms with E-state index in [1.165, 1.54) is 0 Å². The molecule has 0 aliphatic rings. The number of ether oxygens (including phenoxy) is 2. The van der Waals surface area contributed by atoms with Gasteiger partial charge in [-0.2, -0.15) is 0 Å². The average molecular weight is 357 g/mol. The van der Waals surface area contributed by atoms with Crippen LogP contribution >= 0.6 is 39.1 Å². The van der Waals surface area contributed by atoms with Crippen LogP contribution in [-0.4, -0.2) is 33.5 Å². The minimum atomic E-state index is 0.526. The molecule has 0 bridgehead atoms. The molecule has 102 valence electrons. The van der Waals surface area contributed by atoms with E-state index in [1.54, 1.807) is 7.11 Å². The van der Waals surface area contributed by atoms with Crippen molar-refractivity contribution in [2.75, 3.05) is 38.8 Å². The number of benzene rings is 1. The van der Waals surface area contributed by atoms with Crippen molar-refractivity contribution in [3.05, 3.63) is 26.7 Å². The van der Waals surface area contributed by atoms with Gasteiger partial charge in [-0.25, -0.2) is 0 Å². The van der Waals surface area contributed by atoms with Crippen LogP contribution in [0.5, 0.6) is 0 Å². The smallest absolute Gasteiger partial charge is 0.0835 e. The maximum Gasteiger partial charge on any atom is 0.0835 e. The van der Waals surface area contributed by atoms with Crippen molar-refractivity contribution >= 4 is 44.8 Å². The van der Waals surface area contributed by atoms with E-state index >= 15 is 0 Å². The van der Waals surface area contributed by atoms with Gasteiger partial charge >= 0.3 is 0 Å². The molecule has 0 fully saturated rings. The van der Waals surface area contributed by atoms with Crippen molar-refractivity contribution in [1.29, 1.82) is 0 Å². The molecule has 0 saturated heterocycles. The molecule has 0 aliphatic heterocycles. The van der Waals surface area contributed by atoms with Gasteiger partial charge in [0.25, 0.3) is 0 Å². The molecule has 0 radical (unpaired) electrons. The summed E-state index contributed by atoms with van der Waals surface area (Å²) in [7, 11) is 1.66. The van der Waals surface area contributed by atoms with Gasteiger partial charge in [0.05, 0.1) is 28.9 Å². The summed E-state index contributed by atoms with van der Waals surface area (Å²) in [5, 5.41) is 4.28. The Balaban J connectivity index is 2.25. The first-order valence-corrected chi connectivity index (χ1v) is 7.15. The fraction of sp³-hybridized carbons (Fsp3) is 0.500. The second-order valence-corrected chi connectivity index (χ2v) is 5.22. The van der Waals surface area contributed by atoms with Crippen LogP contribution in [0, 0.1) is 0 Å². The molecule has 0 unspecified atom stereocenters. The van der Waals surface area contributed by atoms with E-state index in [4.69, 9.17) is 32.7 Å². The number of anilines is 1. The monoisotopic (exact) mass is 355 g/mol. The molecule has 1 aromatic carbocycles. The fourth-order valence-corrected chi connectivity index (χ4v) is 2.14. The third-order valence-corrected chi connectivity index (χ3v) is 4.02. The predicted octanol–water partition coefficient (Wildman–Crippen LogP) is 4.22. The van der Waals surface area contributed by atoms with Gasteiger partial charge in [-0.05, 0) is 34.5 Å². The van der Waals surface area contributed by atoms with Crippen molar-refractivity contribution in [3.8, 4) is 0 Å². The lowest BCUT2D eigenvalue weighted by molar-refractivity contribution is 0.0705. The van der Waals surface area contributed by atoms with Gasteiger partial charge < -0.3 is 14.8 Å². The van der Waals surface area contributed by atoms with Crippen molar-refractivity contribution in [3.63, 3.8) is 0 Å². The molecule has 0 saturated carbocycles. The number of hydrogen-bond acceptors (Lipinski definition) is 3. The Morgan fingerprint density at radius 3 is 2.67 bits per heavy atom. The first-order chi connectivity index (χ1) is 8.66. The third kappa shape index (κ3) is 5.33. The molecule has 3 nitrogen and oxygen atoms in total. The lowest BCUT2D eigenvalue weighted by Crippen LogP contribution is -2.08. The highest BCUT2D eigenvalue weighted by Gasteiger charge is 2.07. The summed E-state index contributed by atoms with van der Waals surface area (Å²) in [5.41, 5.74) is 0.835. The minimum absolute atomic E-state index is 0.526. The van der Waals surface area contributed by atoms with Crippen LogP contribution < -0.4 is 5.32 Å². The van der Waals surface area contributed by atoms with Crippen LogP contribution in [0.3, 0.4) is 0 Å². The second kappa shape index (κ2) is 8.99. The molecule has 1 N–H and O–H groups in total. The molecule has 6 heteroatoms. The maximum absolute atomic E-state index is 6.11. The number of rotatable bonds is 8. The average Bonchev–Trinajstić information content (AvgIpc) is 2.37. The Hall–Kier alpha value is -0.000000000000000111. The van der Waals surface area contributed by atoms with Crippen molar-refractivity contribution in [2.45, 2.75) is 6.42 Å². The molecule has 0 atom stereocenters. The largest absolute Gasteiger partial charge is 0.384 e. The molecule has 0 heterocycles. The van der Waals surface area contributed by atoms with Crippen molar-refractivity contribution < 1.29 is 9.47 Å². The lowest BCUT2D eigenvalue weighted by atomic mass is 10.3. The van der Waals surface area contributed by atoms with Gasteiger partial charge in [-0.3, -0.25) is 0 Å². The maximum atomic E-state index is 6.11. The Morgan fingerprint density at radius 2 is 1.94 bits per heavy atom. The quantitative estimate of drug-likeness (QED) is 0.558. The van der Waals surface area contributed by atoms with E-state index in [1.807, 2.05) is 12.1 Å². The Labute approximate surface area is 126 Å². The molecule has 0 aromatic heterocycles. The zero-order valence-corrected chi connectivity index (χ0v) is 13.2. The first kappa shape index (κ1) is 16.1. The number of hydrogen-bond donors (Lipinski definition) is 1. The van der Waals surface area contributed by atoms with Crippen LogP contribution in [0.2, 0.25) is 10.0 Å². The fourth-order valence-electron chi connectivity index (χ4n) is 1.30. The first-order valence-electron chi connectivity index (χ1n) is 5.61. The van der Waals surface area contributed by atoms with Gasteiger partial charge in [0, 0.05) is 24.7 Å². The van der Waals surface area contributed by atoms with Gasteiger partial charge in [0.15, 0.2) is 0 Å². The Bertz CT molecular complexity index is 377. The number of methoxy groups -OCH3 is 1. The normalized spacial score (nSPS) is 10.7. The van der Waals surface area contributed by atoms with Crippen molar-refractivity contribution in [1.82, 2.24) is 0 Å². The number of halogens is 3. The lowest BCUT2D eigenvalue weighted by Gasteiger charge is -2.10. The van der Waals surface area contributed by atoms with Crippen LogP contribution in [-0.2, 0) is 9.47 Å². The zero-order valence-electron chi connectivity index (χ0n) is 10.1. The van der Waals surface area contributed by atoms with Crippen LogP contribution in [0.4, 0.5) is 5.69 Å². The molecular formula is C12H16BrCl2NO2. The highest BCUT2D eigenvalue weighted by atomic mass is 79.9. The summed E-state index contributed by atoms with van der Waals surface area (Å²) in [5.74, 6) is 0. The van der Waals surface area contributed by atoms with Gasteiger partial charge in [0.1, 0.15) is 0 Å². The minimum Gasteiger partial charge on any atom is -0.384 e. The molecule has 1 rings (SSSR count).